The largest absolute Gasteiger partial charge is 0.444 e. The van der Waals surface area contributed by atoms with Gasteiger partial charge < -0.3 is 72.6 Å². The Morgan fingerprint density at radius 3 is 1.40 bits per heavy atom. The normalized spacial score (nSPS) is 46.6. The van der Waals surface area contributed by atoms with Gasteiger partial charge in [0.15, 0.2) is 20.9 Å². The molecule has 646 valence electrons. The number of ether oxygens (including phenoxy) is 9. The van der Waals surface area contributed by atoms with Crippen LogP contribution in [0, 0.1) is 113 Å². The Morgan fingerprint density at radius 1 is 0.554 bits per heavy atom. The van der Waals surface area contributed by atoms with Gasteiger partial charge in [-0.3, -0.25) is 9.80 Å². The van der Waals surface area contributed by atoms with Gasteiger partial charge in [-0.25, -0.2) is 4.79 Å². The lowest BCUT2D eigenvalue weighted by Crippen LogP contribution is -2.61. The van der Waals surface area contributed by atoms with E-state index in [0.717, 1.165) is 122 Å². The standard InChI is InChI=1S/C51H90N2O8Si.C40H68N2O6.2CH4/c1-15-56-42(47(11,12)55)35-27-33(5)40-41(58-35)43(61-62(16-2,17-3)18-4)49(14)37-20-19-36-46(9,10)38(21-22-50(36)32-51(37,50)24-23-48(40,49)13)59-39-31-52(25-26-57-39)28-34-29-53(30-34)44(54)60-45(6,7)8;1-9-45-34(36(5,6)44)26-18-24(2)31-32(47-26)33(43)38(8)28-11-10-27-35(3,4)29(12-13-39(27)23-40(28,39)15-14-37(31,38)7)48-30-22-42(16-17-46-30)21-25-19-41-20-25;;/h33-43,55H,15-32H2,1-14H3;24-34,41,43-44H,9-23H2,1-8H3;2*1H4/t33-,35-,36+,37+,38+,39+,40+,41+,42+,43+,48-,49-,50?,51+;24-,26-,27+,28+,29+,30+,31+,32+,33+,34+,37-,38-,39?,40+;;/m11../s1. The van der Waals surface area contributed by atoms with E-state index >= 15 is 0 Å². The quantitative estimate of drug-likeness (QED) is 0.0793. The smallest absolute Gasteiger partial charge is 0.410 e. The first kappa shape index (κ1) is 88.7. The second-order valence-corrected chi connectivity index (χ2v) is 49.4. The van der Waals surface area contributed by atoms with Crippen LogP contribution in [0.2, 0.25) is 18.1 Å². The second-order valence-electron chi connectivity index (χ2n) is 44.7. The van der Waals surface area contributed by atoms with E-state index < -0.39 is 37.3 Å². The number of nitrogens with one attached hydrogen (secondary N) is 1. The van der Waals surface area contributed by atoms with Crippen LogP contribution < -0.4 is 5.32 Å². The Labute approximate surface area is 681 Å². The molecule has 1 amide bonds. The zero-order chi connectivity index (χ0) is 79.1. The molecule has 0 radical (unpaired) electrons. The molecule has 2 unspecified atom stereocenters. The number of carbonyl (C=O) groups excluding carboxylic acids is 1. The number of hydrogen-bond donors (Lipinski definition) is 4. The molecule has 4 spiro atoms. The molecule has 6 aliphatic heterocycles. The summed E-state index contributed by atoms with van der Waals surface area (Å²) >= 11 is 0. The summed E-state index contributed by atoms with van der Waals surface area (Å²) < 4.78 is 67.3. The third-order valence-electron chi connectivity index (χ3n) is 36.9. The van der Waals surface area contributed by atoms with E-state index in [9.17, 15) is 20.1 Å². The van der Waals surface area contributed by atoms with Gasteiger partial charge in [0.1, 0.15) is 17.8 Å². The number of aliphatic hydroxyl groups excluding tert-OH is 1. The molecule has 10 saturated carbocycles. The molecule has 6 heterocycles. The zero-order valence-corrected chi connectivity index (χ0v) is 74.2. The van der Waals surface area contributed by atoms with Crippen LogP contribution in [0.15, 0.2) is 0 Å². The Balaban J connectivity index is 0.000000198. The molecule has 112 heavy (non-hydrogen) atoms. The van der Waals surface area contributed by atoms with Crippen LogP contribution in [0.3, 0.4) is 0 Å². The van der Waals surface area contributed by atoms with E-state index in [1.807, 2.05) is 67.2 Å². The number of carbonyl (C=O) groups is 1. The average Bonchev–Trinajstić information content (AvgIpc) is 1.46. The number of nitrogens with zero attached hydrogens (tertiary/aromatic N) is 3. The molecule has 6 saturated heterocycles. The van der Waals surface area contributed by atoms with Crippen molar-refractivity contribution in [1.29, 1.82) is 0 Å². The van der Waals surface area contributed by atoms with Crippen molar-refractivity contribution in [3.63, 3.8) is 0 Å². The number of aliphatic hydroxyl groups is 3. The van der Waals surface area contributed by atoms with Crippen molar-refractivity contribution < 1.29 is 67.2 Å². The van der Waals surface area contributed by atoms with Gasteiger partial charge in [-0.15, -0.1) is 0 Å². The third kappa shape index (κ3) is 13.9. The lowest BCUT2D eigenvalue weighted by molar-refractivity contribution is -0.249. The van der Waals surface area contributed by atoms with E-state index in [2.05, 4.69) is 105 Å². The Kier molecular flexibility index (Phi) is 24.6. The molecule has 0 aromatic carbocycles. The molecule has 19 heteroatoms. The Bertz CT molecular complexity index is 3250. The van der Waals surface area contributed by atoms with Gasteiger partial charge in [-0.2, -0.15) is 0 Å². The summed E-state index contributed by atoms with van der Waals surface area (Å²) in [5, 5.41) is 38.6. The highest BCUT2D eigenvalue weighted by molar-refractivity contribution is 6.73. The van der Waals surface area contributed by atoms with Crippen LogP contribution in [0.25, 0.3) is 0 Å². The van der Waals surface area contributed by atoms with Gasteiger partial charge in [0.05, 0.1) is 73.2 Å². The van der Waals surface area contributed by atoms with Gasteiger partial charge >= 0.3 is 6.09 Å². The molecule has 16 fully saturated rings. The van der Waals surface area contributed by atoms with Crippen LogP contribution in [0.4, 0.5) is 4.79 Å². The summed E-state index contributed by atoms with van der Waals surface area (Å²) in [4.78, 5) is 19.5. The number of hydrogen-bond acceptors (Lipinski definition) is 17. The fraction of sp³-hybridized carbons (Fsp3) is 0.989. The predicted molar refractivity (Wildman–Crippen MR) is 445 cm³/mol. The van der Waals surface area contributed by atoms with Gasteiger partial charge in [0, 0.05) is 95.4 Å². The molecular formula is C93H166N4O14Si. The van der Waals surface area contributed by atoms with Crippen LogP contribution in [0.5, 0.6) is 0 Å². The molecular weight excluding hydrogens is 1430 g/mol. The highest BCUT2D eigenvalue weighted by atomic mass is 28.4. The molecule has 18 nitrogen and oxygen atoms in total. The van der Waals surface area contributed by atoms with E-state index in [4.69, 9.17) is 47.1 Å². The summed E-state index contributed by atoms with van der Waals surface area (Å²) in [7, 11) is -2.04. The molecule has 4 N–H and O–H groups in total. The van der Waals surface area contributed by atoms with E-state index in [1.165, 1.54) is 77.0 Å². The van der Waals surface area contributed by atoms with E-state index in [0.29, 0.717) is 94.7 Å². The minimum absolute atomic E-state index is 0. The monoisotopic (exact) mass is 1590 g/mol. The minimum atomic E-state index is -2.04. The maximum Gasteiger partial charge on any atom is 0.410 e. The van der Waals surface area contributed by atoms with Crippen LogP contribution in [-0.4, -0.2) is 227 Å². The Hall–Kier alpha value is -1.11. The first-order valence-electron chi connectivity index (χ1n) is 45.6. The number of morpholine rings is 2. The fourth-order valence-corrected chi connectivity index (χ4v) is 34.3. The first-order valence-corrected chi connectivity index (χ1v) is 48.2. The van der Waals surface area contributed by atoms with Crippen molar-refractivity contribution in [3.05, 3.63) is 0 Å². The summed E-state index contributed by atoms with van der Waals surface area (Å²) in [6.45, 7) is 61.9. The maximum absolute atomic E-state index is 12.6. The minimum Gasteiger partial charge on any atom is -0.444 e. The van der Waals surface area contributed by atoms with Crippen molar-refractivity contribution in [3.8, 4) is 0 Å². The van der Waals surface area contributed by atoms with Gasteiger partial charge in [-0.1, -0.05) is 105 Å². The van der Waals surface area contributed by atoms with Crippen LogP contribution >= 0.6 is 0 Å². The summed E-state index contributed by atoms with van der Waals surface area (Å²) in [5.74, 6) is 5.20. The van der Waals surface area contributed by atoms with E-state index in [-0.39, 0.29) is 115 Å². The molecule has 28 atom stereocenters. The molecule has 0 aromatic heterocycles. The van der Waals surface area contributed by atoms with Gasteiger partial charge in [-0.05, 0) is 280 Å². The van der Waals surface area contributed by atoms with Crippen molar-refractivity contribution >= 4 is 14.4 Å². The highest BCUT2D eigenvalue weighted by Gasteiger charge is 2.87. The highest BCUT2D eigenvalue weighted by Crippen LogP contribution is 2.91. The molecule has 10 aliphatic carbocycles. The maximum atomic E-state index is 12.6. The van der Waals surface area contributed by atoms with Crippen molar-refractivity contribution in [2.75, 3.05) is 91.9 Å². The topological polar surface area (TPSA) is 192 Å². The summed E-state index contributed by atoms with van der Waals surface area (Å²) in [5.41, 5.74) is -1.01. The number of rotatable bonds is 21. The van der Waals surface area contributed by atoms with Crippen molar-refractivity contribution in [2.45, 2.75) is 378 Å². The van der Waals surface area contributed by atoms with Gasteiger partial charge in [0.2, 0.25) is 0 Å². The van der Waals surface area contributed by atoms with Crippen molar-refractivity contribution in [1.82, 2.24) is 20.0 Å². The molecule has 0 bridgehead atoms. The molecule has 0 aromatic rings. The summed E-state index contributed by atoms with van der Waals surface area (Å²) in [6.07, 6.45) is 17.2. The summed E-state index contributed by atoms with van der Waals surface area (Å²) in [6, 6.07) is 3.41. The van der Waals surface area contributed by atoms with Gasteiger partial charge in [0.25, 0.3) is 0 Å². The number of amides is 1. The lowest BCUT2D eigenvalue weighted by Gasteiger charge is -2.64. The second kappa shape index (κ2) is 31.0. The van der Waals surface area contributed by atoms with Crippen LogP contribution in [0.1, 0.15) is 270 Å². The lowest BCUT2D eigenvalue weighted by atomic mass is 9.41. The number of likely N-dealkylation sites (tertiary alicyclic amines) is 1. The third-order valence-corrected chi connectivity index (χ3v) is 41.6. The first-order chi connectivity index (χ1) is 51.6. The molecule has 16 rings (SSSR count). The Morgan fingerprint density at radius 2 is 0.973 bits per heavy atom. The van der Waals surface area contributed by atoms with Crippen molar-refractivity contribution in [2.24, 2.45) is 113 Å². The average molecular weight is 1590 g/mol. The van der Waals surface area contributed by atoms with Crippen LogP contribution in [-0.2, 0) is 47.1 Å². The SMILES string of the molecule is C.C.CCO[C@@H]([C@H]1C[C@@H](C)[C@H]2[C@H](O1)[C@H](O)[C@@]1(C)[C@@H]3CC[C@H]4C(C)(C)[C@@H](O[C@H]5CN(CC6CNC6)CCO5)CCC45C[C@@]35CC[C@]21C)C(C)(C)O.CCO[C@@H]([C@H]1C[C@@H](C)[C@H]2[C@H](O1)[C@H](O[Si](CC)(CC)CC)[C@@]1(C)[C@@H]3CC[C@H]4C(C)(C)[C@@H](O[C@H]5CN(CC6CN(C(=O)OC(C)(C)C)C6)CCO5)CCC45C[C@@]35CC[C@]21C)C(C)(C)O. The van der Waals surface area contributed by atoms with E-state index in [1.54, 1.807) is 0 Å². The zero-order valence-electron chi connectivity index (χ0n) is 73.2. The number of fused-ring (bicyclic) bond motifs is 8. The fourth-order valence-electron chi connectivity index (χ4n) is 31.4. The molecule has 16 aliphatic rings. The predicted octanol–water partition coefficient (Wildman–Crippen LogP) is 16.4.